The van der Waals surface area contributed by atoms with E-state index in [0.29, 0.717) is 37.6 Å². The Hall–Kier alpha value is -3.56. The van der Waals surface area contributed by atoms with Crippen molar-refractivity contribution in [3.63, 3.8) is 0 Å². The molecule has 0 aliphatic carbocycles. The van der Waals surface area contributed by atoms with Crippen molar-refractivity contribution in [3.05, 3.63) is 67.9 Å². The van der Waals surface area contributed by atoms with E-state index in [9.17, 15) is 25.0 Å². The van der Waals surface area contributed by atoms with E-state index in [1.807, 2.05) is 4.90 Å². The molecule has 0 saturated carbocycles. The molecule has 10 nitrogen and oxygen atoms in total. The molecule has 1 amide bonds. The Kier molecular flexibility index (Phi) is 4.97. The van der Waals surface area contributed by atoms with E-state index >= 15 is 0 Å². The summed E-state index contributed by atoms with van der Waals surface area (Å²) >= 11 is 0. The van der Waals surface area contributed by atoms with Gasteiger partial charge in [0.15, 0.2) is 0 Å². The first kappa shape index (κ1) is 18.2. The summed E-state index contributed by atoms with van der Waals surface area (Å²) in [7, 11) is 0. The van der Waals surface area contributed by atoms with Crippen molar-refractivity contribution in [2.45, 2.75) is 6.92 Å². The van der Waals surface area contributed by atoms with Gasteiger partial charge < -0.3 is 9.80 Å². The van der Waals surface area contributed by atoms with Gasteiger partial charge in [0.05, 0.1) is 9.85 Å². The van der Waals surface area contributed by atoms with Crippen LogP contribution in [-0.4, -0.2) is 51.8 Å². The van der Waals surface area contributed by atoms with Crippen molar-refractivity contribution in [1.29, 1.82) is 0 Å². The van der Waals surface area contributed by atoms with Crippen LogP contribution < -0.4 is 4.90 Å². The average Bonchev–Trinajstić information content (AvgIpc) is 2.68. The summed E-state index contributed by atoms with van der Waals surface area (Å²) < 4.78 is 0. The number of benzene rings is 1. The first-order valence-electron chi connectivity index (χ1n) is 8.26. The molecule has 1 aromatic heterocycles. The van der Waals surface area contributed by atoms with Gasteiger partial charge in [-0.3, -0.25) is 25.0 Å². The van der Waals surface area contributed by atoms with Crippen LogP contribution in [0.3, 0.4) is 0 Å². The number of pyridine rings is 1. The number of hydrogen-bond donors (Lipinski definition) is 0. The highest BCUT2D eigenvalue weighted by molar-refractivity contribution is 5.95. The van der Waals surface area contributed by atoms with Crippen molar-refractivity contribution in [3.8, 4) is 0 Å². The third-order valence-corrected chi connectivity index (χ3v) is 4.49. The molecule has 0 unspecified atom stereocenters. The molecule has 2 aromatic rings. The Morgan fingerprint density at radius 2 is 1.74 bits per heavy atom. The maximum Gasteiger partial charge on any atom is 0.287 e. The minimum atomic E-state index is -0.506. The molecule has 1 aliphatic heterocycles. The SMILES string of the molecule is Cc1ccc(C(=O)N2CCN(c3ccc([N+](=O)[O-])cn3)CC2)cc1[N+](=O)[O-]. The van der Waals surface area contributed by atoms with E-state index < -0.39 is 9.85 Å². The summed E-state index contributed by atoms with van der Waals surface area (Å²) in [6.45, 7) is 3.52. The van der Waals surface area contributed by atoms with E-state index in [1.54, 1.807) is 30.0 Å². The second-order valence-electron chi connectivity index (χ2n) is 6.17. The maximum atomic E-state index is 12.6. The van der Waals surface area contributed by atoms with Gasteiger partial charge in [0.25, 0.3) is 17.3 Å². The number of amides is 1. The van der Waals surface area contributed by atoms with Gasteiger partial charge >= 0.3 is 0 Å². The normalized spacial score (nSPS) is 14.1. The van der Waals surface area contributed by atoms with Gasteiger partial charge in [-0.15, -0.1) is 0 Å². The number of nitrogens with zero attached hydrogens (tertiary/aromatic N) is 5. The van der Waals surface area contributed by atoms with Crippen LogP contribution >= 0.6 is 0 Å². The van der Waals surface area contributed by atoms with E-state index in [4.69, 9.17) is 0 Å². The monoisotopic (exact) mass is 371 g/mol. The lowest BCUT2D eigenvalue weighted by atomic mass is 10.1. The van der Waals surface area contributed by atoms with E-state index in [-0.39, 0.29) is 22.8 Å². The molecular weight excluding hydrogens is 354 g/mol. The van der Waals surface area contributed by atoms with Crippen LogP contribution in [-0.2, 0) is 0 Å². The van der Waals surface area contributed by atoms with Crippen molar-refractivity contribution in [1.82, 2.24) is 9.88 Å². The molecule has 27 heavy (non-hydrogen) atoms. The van der Waals surface area contributed by atoms with Gasteiger partial charge in [0.2, 0.25) is 0 Å². The van der Waals surface area contributed by atoms with Crippen LogP contribution in [0.25, 0.3) is 0 Å². The summed E-state index contributed by atoms with van der Waals surface area (Å²) in [5.74, 6) is 0.355. The molecule has 1 saturated heterocycles. The van der Waals surface area contributed by atoms with Crippen molar-refractivity contribution >= 4 is 23.1 Å². The molecule has 3 rings (SSSR count). The fourth-order valence-corrected chi connectivity index (χ4v) is 2.93. The number of nitro benzene ring substituents is 1. The Labute approximate surface area is 154 Å². The third-order valence-electron chi connectivity index (χ3n) is 4.49. The number of carbonyl (C=O) groups excluding carboxylic acids is 1. The van der Waals surface area contributed by atoms with Crippen LogP contribution in [0.2, 0.25) is 0 Å². The molecule has 1 aliphatic rings. The third kappa shape index (κ3) is 3.84. The fourth-order valence-electron chi connectivity index (χ4n) is 2.93. The Balaban J connectivity index is 1.66. The second-order valence-corrected chi connectivity index (χ2v) is 6.17. The predicted molar refractivity (Wildman–Crippen MR) is 96.8 cm³/mol. The number of rotatable bonds is 4. The molecule has 1 fully saturated rings. The topological polar surface area (TPSA) is 123 Å². The van der Waals surface area contributed by atoms with Gasteiger partial charge in [0.1, 0.15) is 12.0 Å². The van der Waals surface area contributed by atoms with E-state index in [1.165, 1.54) is 18.3 Å². The van der Waals surface area contributed by atoms with Crippen molar-refractivity contribution in [2.24, 2.45) is 0 Å². The lowest BCUT2D eigenvalue weighted by molar-refractivity contribution is -0.385. The standard InChI is InChI=1S/C17H17N5O5/c1-12-2-3-13(10-15(12)22(26)27)17(23)20-8-6-19(7-9-20)16-5-4-14(11-18-16)21(24)25/h2-5,10-11H,6-9H2,1H3. The van der Waals surface area contributed by atoms with E-state index in [0.717, 1.165) is 0 Å². The molecule has 140 valence electrons. The Morgan fingerprint density at radius 3 is 2.30 bits per heavy atom. The van der Waals surface area contributed by atoms with Gasteiger partial charge in [-0.1, -0.05) is 6.07 Å². The summed E-state index contributed by atoms with van der Waals surface area (Å²) in [4.78, 5) is 41.1. The zero-order valence-corrected chi connectivity index (χ0v) is 14.6. The van der Waals surface area contributed by atoms with Crippen LogP contribution in [0, 0.1) is 27.2 Å². The first-order valence-corrected chi connectivity index (χ1v) is 8.26. The quantitative estimate of drug-likeness (QED) is 0.596. The average molecular weight is 371 g/mol. The fraction of sp³-hybridized carbons (Fsp3) is 0.294. The van der Waals surface area contributed by atoms with Gasteiger partial charge in [-0.05, 0) is 19.1 Å². The highest BCUT2D eigenvalue weighted by atomic mass is 16.6. The zero-order chi connectivity index (χ0) is 19.6. The summed E-state index contributed by atoms with van der Waals surface area (Å²) in [5.41, 5.74) is 0.642. The zero-order valence-electron chi connectivity index (χ0n) is 14.6. The lowest BCUT2D eigenvalue weighted by Gasteiger charge is -2.35. The highest BCUT2D eigenvalue weighted by Gasteiger charge is 2.24. The lowest BCUT2D eigenvalue weighted by Crippen LogP contribution is -2.49. The minimum Gasteiger partial charge on any atom is -0.353 e. The molecule has 1 aromatic carbocycles. The first-order chi connectivity index (χ1) is 12.9. The second kappa shape index (κ2) is 7.36. The molecule has 0 spiro atoms. The van der Waals surface area contributed by atoms with Crippen molar-refractivity contribution in [2.75, 3.05) is 31.1 Å². The van der Waals surface area contributed by atoms with Gasteiger partial charge in [0, 0.05) is 49.4 Å². The number of carbonyl (C=O) groups is 1. The number of piperazine rings is 1. The molecule has 0 bridgehead atoms. The van der Waals surface area contributed by atoms with E-state index in [2.05, 4.69) is 4.98 Å². The molecule has 0 N–H and O–H groups in total. The number of anilines is 1. The number of aromatic nitrogens is 1. The predicted octanol–water partition coefficient (Wildman–Crippen LogP) is 2.17. The van der Waals surface area contributed by atoms with Gasteiger partial charge in [-0.2, -0.15) is 0 Å². The summed E-state index contributed by atoms with van der Waals surface area (Å²) in [6.07, 6.45) is 1.21. The number of nitro groups is 2. The van der Waals surface area contributed by atoms with Crippen LogP contribution in [0.15, 0.2) is 36.5 Å². The molecular formula is C17H17N5O5. The Bertz CT molecular complexity index is 891. The smallest absolute Gasteiger partial charge is 0.287 e. The minimum absolute atomic E-state index is 0.0745. The molecule has 10 heteroatoms. The van der Waals surface area contributed by atoms with Crippen LogP contribution in [0.1, 0.15) is 15.9 Å². The van der Waals surface area contributed by atoms with Crippen molar-refractivity contribution < 1.29 is 14.6 Å². The Morgan fingerprint density at radius 1 is 1.04 bits per heavy atom. The molecule has 0 radical (unpaired) electrons. The molecule has 0 atom stereocenters. The number of aryl methyl sites for hydroxylation is 1. The van der Waals surface area contributed by atoms with Crippen LogP contribution in [0.5, 0.6) is 0 Å². The molecule has 2 heterocycles. The highest BCUT2D eigenvalue weighted by Crippen LogP contribution is 2.22. The summed E-state index contributed by atoms with van der Waals surface area (Å²) in [6, 6.07) is 7.45. The maximum absolute atomic E-state index is 12.6. The van der Waals surface area contributed by atoms with Gasteiger partial charge in [-0.25, -0.2) is 4.98 Å². The van der Waals surface area contributed by atoms with Crippen LogP contribution in [0.4, 0.5) is 17.2 Å². The number of hydrogen-bond acceptors (Lipinski definition) is 7. The summed E-state index contributed by atoms with van der Waals surface area (Å²) in [5, 5.41) is 21.8. The largest absolute Gasteiger partial charge is 0.353 e.